The second-order valence-corrected chi connectivity index (χ2v) is 5.26. The summed E-state index contributed by atoms with van der Waals surface area (Å²) < 4.78 is 2.16. The summed E-state index contributed by atoms with van der Waals surface area (Å²) in [4.78, 5) is 4.46. The number of nitrogens with one attached hydrogen (secondary N) is 1. The van der Waals surface area contributed by atoms with Gasteiger partial charge < -0.3 is 9.88 Å². The minimum Gasteiger partial charge on any atom is -0.338 e. The monoisotopic (exact) mass is 235 g/mol. The van der Waals surface area contributed by atoms with Crippen LogP contribution in [-0.2, 0) is 13.5 Å². The van der Waals surface area contributed by atoms with Gasteiger partial charge in [0.25, 0.3) is 0 Å². The van der Waals surface area contributed by atoms with Crippen molar-refractivity contribution in [2.75, 3.05) is 6.54 Å². The molecule has 1 aromatic heterocycles. The van der Waals surface area contributed by atoms with E-state index in [0.717, 1.165) is 18.9 Å². The lowest BCUT2D eigenvalue weighted by atomic mass is 9.82. The van der Waals surface area contributed by atoms with Crippen LogP contribution in [0.15, 0.2) is 12.4 Å². The largest absolute Gasteiger partial charge is 0.338 e. The van der Waals surface area contributed by atoms with E-state index in [1.807, 2.05) is 12.4 Å². The lowest BCUT2D eigenvalue weighted by Gasteiger charge is -2.32. The van der Waals surface area contributed by atoms with Crippen LogP contribution in [0.5, 0.6) is 0 Å². The number of hydrogen-bond donors (Lipinski definition) is 1. The van der Waals surface area contributed by atoms with E-state index in [1.165, 1.54) is 37.9 Å². The molecule has 0 spiro atoms. The Balaban J connectivity index is 1.94. The minimum absolute atomic E-state index is 0.709. The van der Waals surface area contributed by atoms with E-state index in [0.29, 0.717) is 6.04 Å². The number of imidazole rings is 1. The standard InChI is InChI=1S/C14H25N3/c1-3-8-15-13-7-5-4-6-12(13)11-14-16-9-10-17(14)2/h9-10,12-13,15H,3-8,11H2,1-2H3. The van der Waals surface area contributed by atoms with Crippen LogP contribution in [0, 0.1) is 5.92 Å². The Kier molecular flexibility index (Phi) is 4.60. The van der Waals surface area contributed by atoms with Crippen molar-refractivity contribution < 1.29 is 0 Å². The molecule has 2 atom stereocenters. The molecule has 1 fully saturated rings. The van der Waals surface area contributed by atoms with Crippen LogP contribution < -0.4 is 5.32 Å². The van der Waals surface area contributed by atoms with E-state index in [2.05, 4.69) is 28.8 Å². The average Bonchev–Trinajstić information content (AvgIpc) is 2.74. The normalized spacial score (nSPS) is 25.1. The number of aromatic nitrogens is 2. The van der Waals surface area contributed by atoms with Gasteiger partial charge in [-0.1, -0.05) is 19.8 Å². The lowest BCUT2D eigenvalue weighted by molar-refractivity contribution is 0.257. The van der Waals surface area contributed by atoms with Gasteiger partial charge in [-0.25, -0.2) is 4.98 Å². The summed E-state index contributed by atoms with van der Waals surface area (Å²) in [7, 11) is 2.10. The van der Waals surface area contributed by atoms with Crippen molar-refractivity contribution in [1.82, 2.24) is 14.9 Å². The van der Waals surface area contributed by atoms with E-state index in [1.54, 1.807) is 0 Å². The molecule has 1 aliphatic carbocycles. The Morgan fingerprint density at radius 2 is 2.24 bits per heavy atom. The molecule has 3 nitrogen and oxygen atoms in total. The van der Waals surface area contributed by atoms with Crippen LogP contribution in [0.2, 0.25) is 0 Å². The van der Waals surface area contributed by atoms with Crippen LogP contribution >= 0.6 is 0 Å². The second kappa shape index (κ2) is 6.20. The molecule has 3 heteroatoms. The highest BCUT2D eigenvalue weighted by molar-refractivity contribution is 4.96. The first kappa shape index (κ1) is 12.6. The maximum atomic E-state index is 4.46. The molecule has 1 saturated carbocycles. The van der Waals surface area contributed by atoms with Gasteiger partial charge in [-0.3, -0.25) is 0 Å². The molecule has 0 bridgehead atoms. The summed E-state index contributed by atoms with van der Waals surface area (Å²) in [6.45, 7) is 3.39. The van der Waals surface area contributed by atoms with Gasteiger partial charge in [0.15, 0.2) is 0 Å². The molecule has 0 saturated heterocycles. The smallest absolute Gasteiger partial charge is 0.108 e. The van der Waals surface area contributed by atoms with E-state index < -0.39 is 0 Å². The fourth-order valence-corrected chi connectivity index (χ4v) is 2.88. The van der Waals surface area contributed by atoms with E-state index in [-0.39, 0.29) is 0 Å². The first-order chi connectivity index (χ1) is 8.31. The van der Waals surface area contributed by atoms with Crippen molar-refractivity contribution in [3.05, 3.63) is 18.2 Å². The number of aryl methyl sites for hydroxylation is 1. The van der Waals surface area contributed by atoms with Crippen molar-refractivity contribution in [2.45, 2.75) is 51.5 Å². The third kappa shape index (κ3) is 3.32. The predicted molar refractivity (Wildman–Crippen MR) is 71.0 cm³/mol. The molecule has 1 heterocycles. The summed E-state index contributed by atoms with van der Waals surface area (Å²) in [6.07, 6.45) is 11.8. The van der Waals surface area contributed by atoms with Crippen LogP contribution in [0.4, 0.5) is 0 Å². The zero-order valence-electron chi connectivity index (χ0n) is 11.2. The third-order valence-corrected chi connectivity index (χ3v) is 3.93. The van der Waals surface area contributed by atoms with Gasteiger partial charge in [0, 0.05) is 31.9 Å². The number of hydrogen-bond acceptors (Lipinski definition) is 2. The average molecular weight is 235 g/mol. The molecule has 2 unspecified atom stereocenters. The summed E-state index contributed by atoms with van der Waals surface area (Å²) in [6, 6.07) is 0.709. The van der Waals surface area contributed by atoms with Gasteiger partial charge in [-0.2, -0.15) is 0 Å². The Morgan fingerprint density at radius 3 is 2.94 bits per heavy atom. The lowest BCUT2D eigenvalue weighted by Crippen LogP contribution is -2.40. The summed E-state index contributed by atoms with van der Waals surface area (Å²) >= 11 is 0. The predicted octanol–water partition coefficient (Wildman–Crippen LogP) is 2.52. The van der Waals surface area contributed by atoms with Crippen molar-refractivity contribution in [3.8, 4) is 0 Å². The fraction of sp³-hybridized carbons (Fsp3) is 0.786. The number of rotatable bonds is 5. The van der Waals surface area contributed by atoms with Crippen molar-refractivity contribution in [1.29, 1.82) is 0 Å². The van der Waals surface area contributed by atoms with Gasteiger partial charge in [0.2, 0.25) is 0 Å². The van der Waals surface area contributed by atoms with Crippen LogP contribution in [0.3, 0.4) is 0 Å². The highest BCUT2D eigenvalue weighted by atomic mass is 15.0. The molecular formula is C14H25N3. The highest BCUT2D eigenvalue weighted by Gasteiger charge is 2.25. The molecule has 0 aliphatic heterocycles. The molecule has 0 radical (unpaired) electrons. The first-order valence-electron chi connectivity index (χ1n) is 7.01. The molecule has 0 amide bonds. The molecule has 1 aromatic rings. The van der Waals surface area contributed by atoms with Crippen LogP contribution in [0.25, 0.3) is 0 Å². The summed E-state index contributed by atoms with van der Waals surface area (Å²) in [5.41, 5.74) is 0. The number of nitrogens with zero attached hydrogens (tertiary/aromatic N) is 2. The van der Waals surface area contributed by atoms with Crippen molar-refractivity contribution >= 4 is 0 Å². The highest BCUT2D eigenvalue weighted by Crippen LogP contribution is 2.27. The maximum absolute atomic E-state index is 4.46. The second-order valence-electron chi connectivity index (χ2n) is 5.26. The Bertz CT molecular complexity index is 332. The molecule has 2 rings (SSSR count). The van der Waals surface area contributed by atoms with Gasteiger partial charge in [0.1, 0.15) is 5.82 Å². The molecule has 1 aliphatic rings. The van der Waals surface area contributed by atoms with E-state index in [4.69, 9.17) is 0 Å². The first-order valence-corrected chi connectivity index (χ1v) is 7.01. The molecule has 1 N–H and O–H groups in total. The summed E-state index contributed by atoms with van der Waals surface area (Å²) in [5, 5.41) is 3.72. The Hall–Kier alpha value is -0.830. The SMILES string of the molecule is CCCNC1CCCCC1Cc1nccn1C. The zero-order valence-corrected chi connectivity index (χ0v) is 11.2. The van der Waals surface area contributed by atoms with Gasteiger partial charge in [0.05, 0.1) is 0 Å². The third-order valence-electron chi connectivity index (χ3n) is 3.93. The van der Waals surface area contributed by atoms with E-state index >= 15 is 0 Å². The van der Waals surface area contributed by atoms with Crippen LogP contribution in [0.1, 0.15) is 44.9 Å². The minimum atomic E-state index is 0.709. The van der Waals surface area contributed by atoms with Gasteiger partial charge in [-0.15, -0.1) is 0 Å². The fourth-order valence-electron chi connectivity index (χ4n) is 2.88. The van der Waals surface area contributed by atoms with Crippen molar-refractivity contribution in [2.24, 2.45) is 13.0 Å². The Morgan fingerprint density at radius 1 is 1.41 bits per heavy atom. The molecule has 96 valence electrons. The van der Waals surface area contributed by atoms with E-state index in [9.17, 15) is 0 Å². The summed E-state index contributed by atoms with van der Waals surface area (Å²) in [5.74, 6) is 2.01. The Labute approximate surface area is 105 Å². The van der Waals surface area contributed by atoms with Crippen molar-refractivity contribution in [3.63, 3.8) is 0 Å². The maximum Gasteiger partial charge on any atom is 0.108 e. The molecular weight excluding hydrogens is 210 g/mol. The molecule has 0 aromatic carbocycles. The zero-order chi connectivity index (χ0) is 12.1. The topological polar surface area (TPSA) is 29.9 Å². The van der Waals surface area contributed by atoms with Gasteiger partial charge in [-0.05, 0) is 31.7 Å². The quantitative estimate of drug-likeness (QED) is 0.850. The molecule has 17 heavy (non-hydrogen) atoms. The van der Waals surface area contributed by atoms with Crippen LogP contribution in [-0.4, -0.2) is 22.1 Å². The van der Waals surface area contributed by atoms with Gasteiger partial charge >= 0.3 is 0 Å².